The summed E-state index contributed by atoms with van der Waals surface area (Å²) < 4.78 is 5.48. The molecule has 2 N–H and O–H groups in total. The van der Waals surface area contributed by atoms with Crippen LogP contribution in [0, 0.1) is 11.3 Å². The minimum Gasteiger partial charge on any atom is -0.508 e. The lowest BCUT2D eigenvalue weighted by atomic mass is 10.1. The van der Waals surface area contributed by atoms with E-state index in [1.165, 1.54) is 18.2 Å². The second-order valence-corrected chi connectivity index (χ2v) is 4.64. The van der Waals surface area contributed by atoms with Gasteiger partial charge in [-0.05, 0) is 43.3 Å². The van der Waals surface area contributed by atoms with Gasteiger partial charge in [0.25, 0.3) is 5.91 Å². The number of nitrogens with one attached hydrogen (secondary N) is 1. The fraction of sp³-hybridized carbons (Fsp3) is 0.111. The molecule has 0 aliphatic rings. The van der Waals surface area contributed by atoms with Gasteiger partial charge < -0.3 is 15.2 Å². The van der Waals surface area contributed by atoms with Crippen molar-refractivity contribution >= 4 is 17.7 Å². The normalized spacial score (nSPS) is 10.7. The number of phenolic OH excluding ortho intramolecular Hbond substituents is 1. The van der Waals surface area contributed by atoms with Gasteiger partial charge in [-0.25, -0.2) is 0 Å². The molecule has 0 atom stereocenters. The first-order valence-electron chi connectivity index (χ1n) is 7.08. The van der Waals surface area contributed by atoms with Crippen LogP contribution < -0.4 is 10.1 Å². The summed E-state index contributed by atoms with van der Waals surface area (Å²) in [5.41, 5.74) is 1.11. The number of phenols is 1. The summed E-state index contributed by atoms with van der Waals surface area (Å²) >= 11 is 0. The van der Waals surface area contributed by atoms with E-state index in [4.69, 9.17) is 4.74 Å². The maximum Gasteiger partial charge on any atom is 0.266 e. The highest BCUT2D eigenvalue weighted by atomic mass is 16.5. The van der Waals surface area contributed by atoms with Gasteiger partial charge in [-0.1, -0.05) is 18.2 Å². The second-order valence-electron chi connectivity index (χ2n) is 4.64. The number of carbonyl (C=O) groups is 1. The molecule has 1 amide bonds. The van der Waals surface area contributed by atoms with Crippen molar-refractivity contribution in [2.75, 3.05) is 11.9 Å². The first-order chi connectivity index (χ1) is 11.1. The molecule has 2 aromatic carbocycles. The Morgan fingerprint density at radius 2 is 1.96 bits per heavy atom. The summed E-state index contributed by atoms with van der Waals surface area (Å²) in [7, 11) is 0. The molecule has 0 spiro atoms. The van der Waals surface area contributed by atoms with Crippen molar-refractivity contribution in [3.05, 3.63) is 59.7 Å². The molecule has 0 bridgehead atoms. The van der Waals surface area contributed by atoms with Crippen molar-refractivity contribution in [3.63, 3.8) is 0 Å². The summed E-state index contributed by atoms with van der Waals surface area (Å²) in [6.07, 6.45) is 1.49. The molecule has 2 rings (SSSR count). The molecule has 0 radical (unpaired) electrons. The van der Waals surface area contributed by atoms with E-state index in [-0.39, 0.29) is 11.3 Å². The molecular weight excluding hydrogens is 292 g/mol. The predicted octanol–water partition coefficient (Wildman–Crippen LogP) is 3.34. The molecule has 5 heteroatoms. The largest absolute Gasteiger partial charge is 0.508 e. The molecule has 0 fully saturated rings. The van der Waals surface area contributed by atoms with Gasteiger partial charge in [0.15, 0.2) is 0 Å². The summed E-state index contributed by atoms with van der Waals surface area (Å²) in [6.45, 7) is 2.36. The molecular formula is C18H16N2O3. The van der Waals surface area contributed by atoms with Crippen LogP contribution in [-0.2, 0) is 4.79 Å². The zero-order valence-corrected chi connectivity index (χ0v) is 12.6. The van der Waals surface area contributed by atoms with Gasteiger partial charge in [-0.15, -0.1) is 0 Å². The maximum atomic E-state index is 12.2. The highest BCUT2D eigenvalue weighted by Gasteiger charge is 2.11. The molecule has 0 saturated heterocycles. The Morgan fingerprint density at radius 3 is 2.61 bits per heavy atom. The molecule has 23 heavy (non-hydrogen) atoms. The lowest BCUT2D eigenvalue weighted by Gasteiger charge is -2.08. The first-order valence-corrected chi connectivity index (χ1v) is 7.08. The van der Waals surface area contributed by atoms with Crippen LogP contribution in [0.15, 0.2) is 54.1 Å². The van der Waals surface area contributed by atoms with Crippen LogP contribution >= 0.6 is 0 Å². The van der Waals surface area contributed by atoms with Crippen LogP contribution in [0.2, 0.25) is 0 Å². The fourth-order valence-corrected chi connectivity index (χ4v) is 1.93. The maximum absolute atomic E-state index is 12.2. The van der Waals surface area contributed by atoms with Gasteiger partial charge in [-0.2, -0.15) is 5.26 Å². The Hall–Kier alpha value is -3.26. The van der Waals surface area contributed by atoms with Crippen molar-refractivity contribution in [3.8, 4) is 17.6 Å². The number of anilines is 1. The Kier molecular flexibility index (Phi) is 5.37. The number of aromatic hydroxyl groups is 1. The quantitative estimate of drug-likeness (QED) is 0.504. The van der Waals surface area contributed by atoms with Crippen molar-refractivity contribution in [2.24, 2.45) is 0 Å². The number of rotatable bonds is 5. The number of hydrogen-bond donors (Lipinski definition) is 2. The molecule has 0 aromatic heterocycles. The molecule has 0 heterocycles. The van der Waals surface area contributed by atoms with Crippen LogP contribution in [0.4, 0.5) is 5.69 Å². The van der Waals surface area contributed by atoms with E-state index < -0.39 is 5.91 Å². The van der Waals surface area contributed by atoms with E-state index in [2.05, 4.69) is 5.32 Å². The Bertz CT molecular complexity index is 759. The molecule has 0 unspecified atom stereocenters. The van der Waals surface area contributed by atoms with Crippen LogP contribution in [0.5, 0.6) is 11.5 Å². The summed E-state index contributed by atoms with van der Waals surface area (Å²) in [6, 6.07) is 15.1. The van der Waals surface area contributed by atoms with E-state index in [1.807, 2.05) is 19.1 Å². The lowest BCUT2D eigenvalue weighted by molar-refractivity contribution is -0.112. The number of nitriles is 1. The van der Waals surface area contributed by atoms with E-state index in [0.29, 0.717) is 23.6 Å². The number of carbonyl (C=O) groups excluding carboxylic acids is 1. The molecule has 0 aliphatic carbocycles. The van der Waals surface area contributed by atoms with E-state index in [0.717, 1.165) is 0 Å². The molecule has 0 saturated carbocycles. The summed E-state index contributed by atoms with van der Waals surface area (Å²) in [5, 5.41) is 21.1. The second kappa shape index (κ2) is 7.66. The van der Waals surface area contributed by atoms with Crippen LogP contribution in [0.1, 0.15) is 12.5 Å². The number of amides is 1. The van der Waals surface area contributed by atoms with Gasteiger partial charge in [0, 0.05) is 11.3 Å². The van der Waals surface area contributed by atoms with Gasteiger partial charge >= 0.3 is 0 Å². The minimum atomic E-state index is -0.524. The van der Waals surface area contributed by atoms with E-state index in [9.17, 15) is 15.2 Å². The number of para-hydroxylation sites is 1. The summed E-state index contributed by atoms with van der Waals surface area (Å²) in [5.74, 6) is 0.189. The monoisotopic (exact) mass is 308 g/mol. The Balaban J connectivity index is 2.23. The molecule has 116 valence electrons. The fourth-order valence-electron chi connectivity index (χ4n) is 1.93. The average molecular weight is 308 g/mol. The van der Waals surface area contributed by atoms with E-state index >= 15 is 0 Å². The smallest absolute Gasteiger partial charge is 0.266 e. The Labute approximate surface area is 134 Å². The predicted molar refractivity (Wildman–Crippen MR) is 87.9 cm³/mol. The third kappa shape index (κ3) is 4.35. The van der Waals surface area contributed by atoms with E-state index in [1.54, 1.807) is 30.3 Å². The third-order valence-electron chi connectivity index (χ3n) is 3.01. The van der Waals surface area contributed by atoms with Crippen molar-refractivity contribution < 1.29 is 14.6 Å². The number of ether oxygens (including phenoxy) is 1. The van der Waals surface area contributed by atoms with Crippen molar-refractivity contribution in [1.29, 1.82) is 5.26 Å². The third-order valence-corrected chi connectivity index (χ3v) is 3.01. The van der Waals surface area contributed by atoms with Gasteiger partial charge in [-0.3, -0.25) is 4.79 Å². The zero-order valence-electron chi connectivity index (χ0n) is 12.6. The van der Waals surface area contributed by atoms with Crippen molar-refractivity contribution in [1.82, 2.24) is 0 Å². The Morgan fingerprint density at radius 1 is 1.26 bits per heavy atom. The lowest BCUT2D eigenvalue weighted by Crippen LogP contribution is -2.13. The van der Waals surface area contributed by atoms with Crippen LogP contribution in [0.3, 0.4) is 0 Å². The number of nitrogens with zero attached hydrogens (tertiary/aromatic N) is 1. The van der Waals surface area contributed by atoms with Crippen LogP contribution in [-0.4, -0.2) is 17.6 Å². The van der Waals surface area contributed by atoms with Gasteiger partial charge in [0.1, 0.15) is 23.1 Å². The number of benzene rings is 2. The van der Waals surface area contributed by atoms with Crippen molar-refractivity contribution in [2.45, 2.75) is 6.92 Å². The topological polar surface area (TPSA) is 82.3 Å². The minimum absolute atomic E-state index is 0.0368. The SMILES string of the molecule is CCOc1ccccc1/C=C(\C#N)C(=O)Nc1ccc(O)cc1. The van der Waals surface area contributed by atoms with Gasteiger partial charge in [0.05, 0.1) is 6.61 Å². The van der Waals surface area contributed by atoms with Gasteiger partial charge in [0.2, 0.25) is 0 Å². The molecule has 5 nitrogen and oxygen atoms in total. The zero-order chi connectivity index (χ0) is 16.7. The highest BCUT2D eigenvalue weighted by molar-refractivity contribution is 6.09. The molecule has 2 aromatic rings. The molecule has 0 aliphatic heterocycles. The van der Waals surface area contributed by atoms with Crippen LogP contribution in [0.25, 0.3) is 6.08 Å². The average Bonchev–Trinajstić information content (AvgIpc) is 2.56. The standard InChI is InChI=1S/C18H16N2O3/c1-2-23-17-6-4-3-5-13(17)11-14(12-19)18(22)20-15-7-9-16(21)10-8-15/h3-11,21H,2H2,1H3,(H,20,22)/b14-11+. The summed E-state index contributed by atoms with van der Waals surface area (Å²) in [4.78, 5) is 12.2. The number of hydrogen-bond acceptors (Lipinski definition) is 4. The highest BCUT2D eigenvalue weighted by Crippen LogP contribution is 2.21. The first kappa shape index (κ1) is 16.1.